The SMILES string of the molecule is CC1(C)CC(=O)c2cc(C(=O)NCc3ccc(N4CCNC(=O)C4)cc3)c(=O)[nH]c2C1. The fourth-order valence-corrected chi connectivity index (χ4v) is 4.16. The van der Waals surface area contributed by atoms with Crippen LogP contribution in [-0.4, -0.2) is 42.2 Å². The van der Waals surface area contributed by atoms with Gasteiger partial charge in [0.15, 0.2) is 5.78 Å². The highest BCUT2D eigenvalue weighted by Crippen LogP contribution is 2.33. The van der Waals surface area contributed by atoms with Crippen LogP contribution in [0.1, 0.15) is 52.2 Å². The van der Waals surface area contributed by atoms with Crippen molar-refractivity contribution >= 4 is 23.3 Å². The Balaban J connectivity index is 1.43. The number of pyridine rings is 1. The molecule has 1 fully saturated rings. The average molecular weight is 422 g/mol. The van der Waals surface area contributed by atoms with Crippen molar-refractivity contribution in [1.82, 2.24) is 15.6 Å². The van der Waals surface area contributed by atoms with Gasteiger partial charge >= 0.3 is 0 Å². The molecule has 3 N–H and O–H groups in total. The molecule has 0 unspecified atom stereocenters. The van der Waals surface area contributed by atoms with E-state index < -0.39 is 11.5 Å². The maximum atomic E-state index is 12.6. The minimum Gasteiger partial charge on any atom is -0.360 e. The number of hydrogen-bond acceptors (Lipinski definition) is 5. The normalized spacial score (nSPS) is 17.7. The second-order valence-corrected chi connectivity index (χ2v) is 8.97. The van der Waals surface area contributed by atoms with E-state index in [1.807, 2.05) is 43.0 Å². The average Bonchev–Trinajstić information content (AvgIpc) is 2.71. The number of amides is 2. The van der Waals surface area contributed by atoms with E-state index >= 15 is 0 Å². The molecule has 1 aliphatic carbocycles. The number of carbonyl (C=O) groups is 3. The Morgan fingerprint density at radius 2 is 1.87 bits per heavy atom. The summed E-state index contributed by atoms with van der Waals surface area (Å²) in [4.78, 5) is 53.8. The first-order valence-corrected chi connectivity index (χ1v) is 10.4. The number of nitrogens with one attached hydrogen (secondary N) is 3. The lowest BCUT2D eigenvalue weighted by atomic mass is 9.75. The molecule has 2 aliphatic rings. The monoisotopic (exact) mass is 422 g/mol. The fourth-order valence-electron chi connectivity index (χ4n) is 4.16. The third-order valence-corrected chi connectivity index (χ3v) is 5.76. The second kappa shape index (κ2) is 8.02. The zero-order valence-electron chi connectivity index (χ0n) is 17.7. The largest absolute Gasteiger partial charge is 0.360 e. The Hall–Kier alpha value is -3.42. The van der Waals surface area contributed by atoms with Gasteiger partial charge in [-0.25, -0.2) is 0 Å². The zero-order valence-corrected chi connectivity index (χ0v) is 17.7. The van der Waals surface area contributed by atoms with E-state index in [2.05, 4.69) is 15.6 Å². The number of benzene rings is 1. The third kappa shape index (κ3) is 4.52. The van der Waals surface area contributed by atoms with Crippen molar-refractivity contribution in [2.75, 3.05) is 24.5 Å². The number of carbonyl (C=O) groups excluding carboxylic acids is 3. The molecule has 8 heteroatoms. The number of piperazine rings is 1. The van der Waals surface area contributed by atoms with Crippen LogP contribution in [0, 0.1) is 5.41 Å². The number of Topliss-reactive ketones (excluding diaryl/α,β-unsaturated/α-hetero) is 1. The van der Waals surface area contributed by atoms with Gasteiger partial charge in [0.05, 0.1) is 6.54 Å². The number of ketones is 1. The Morgan fingerprint density at radius 1 is 1.13 bits per heavy atom. The van der Waals surface area contributed by atoms with Crippen molar-refractivity contribution in [2.24, 2.45) is 5.41 Å². The molecule has 4 rings (SSSR count). The van der Waals surface area contributed by atoms with Crippen molar-refractivity contribution in [3.63, 3.8) is 0 Å². The van der Waals surface area contributed by atoms with E-state index in [4.69, 9.17) is 0 Å². The lowest BCUT2D eigenvalue weighted by molar-refractivity contribution is -0.120. The molecule has 1 aliphatic heterocycles. The first-order valence-electron chi connectivity index (χ1n) is 10.4. The number of nitrogens with zero attached hydrogens (tertiary/aromatic N) is 1. The zero-order chi connectivity index (χ0) is 22.2. The molecule has 31 heavy (non-hydrogen) atoms. The number of H-pyrrole nitrogens is 1. The van der Waals surface area contributed by atoms with Crippen LogP contribution in [0.25, 0.3) is 0 Å². The van der Waals surface area contributed by atoms with Gasteiger partial charge in [0.25, 0.3) is 11.5 Å². The van der Waals surface area contributed by atoms with Crippen molar-refractivity contribution in [1.29, 1.82) is 0 Å². The predicted octanol–water partition coefficient (Wildman–Crippen LogP) is 1.40. The highest BCUT2D eigenvalue weighted by Gasteiger charge is 2.32. The van der Waals surface area contributed by atoms with Gasteiger partial charge in [-0.05, 0) is 35.6 Å². The molecule has 1 saturated heterocycles. The van der Waals surface area contributed by atoms with E-state index in [0.29, 0.717) is 37.2 Å². The highest BCUT2D eigenvalue weighted by molar-refractivity contribution is 6.02. The smallest absolute Gasteiger partial charge is 0.261 e. The maximum Gasteiger partial charge on any atom is 0.261 e. The fraction of sp³-hybridized carbons (Fsp3) is 0.391. The number of fused-ring (bicyclic) bond motifs is 1. The standard InChI is InChI=1S/C23H26N4O4/c1-23(2)10-18-16(19(28)11-23)9-17(22(31)26-18)21(30)25-12-14-3-5-15(6-4-14)27-8-7-24-20(29)13-27/h3-6,9H,7-8,10-13H2,1-2H3,(H,24,29)(H,25,30)(H,26,31). The van der Waals surface area contributed by atoms with Crippen LogP contribution in [0.15, 0.2) is 35.1 Å². The number of aromatic nitrogens is 1. The summed E-state index contributed by atoms with van der Waals surface area (Å²) >= 11 is 0. The first-order chi connectivity index (χ1) is 14.7. The summed E-state index contributed by atoms with van der Waals surface area (Å²) in [6.07, 6.45) is 0.981. The van der Waals surface area contributed by atoms with Crippen LogP contribution in [0.3, 0.4) is 0 Å². The van der Waals surface area contributed by atoms with Gasteiger partial charge < -0.3 is 20.5 Å². The molecule has 2 heterocycles. The van der Waals surface area contributed by atoms with Crippen LogP contribution in [-0.2, 0) is 17.8 Å². The van der Waals surface area contributed by atoms with Crippen LogP contribution in [0.5, 0.6) is 0 Å². The lowest BCUT2D eigenvalue weighted by Gasteiger charge is -2.29. The van der Waals surface area contributed by atoms with E-state index in [1.165, 1.54) is 6.07 Å². The highest BCUT2D eigenvalue weighted by atomic mass is 16.2. The quantitative estimate of drug-likeness (QED) is 0.690. The van der Waals surface area contributed by atoms with Crippen molar-refractivity contribution in [2.45, 2.75) is 33.2 Å². The molecule has 0 saturated carbocycles. The molecule has 8 nitrogen and oxygen atoms in total. The minimum atomic E-state index is -0.515. The molecule has 0 spiro atoms. The summed E-state index contributed by atoms with van der Waals surface area (Å²) in [5.41, 5.74) is 2.09. The Labute approximate surface area is 180 Å². The number of aromatic amines is 1. The van der Waals surface area contributed by atoms with Crippen LogP contribution in [0.2, 0.25) is 0 Å². The molecule has 0 atom stereocenters. The summed E-state index contributed by atoms with van der Waals surface area (Å²) in [5.74, 6) is -0.572. The van der Waals surface area contributed by atoms with E-state index in [0.717, 1.165) is 17.8 Å². The molecule has 162 valence electrons. The van der Waals surface area contributed by atoms with Gasteiger partial charge in [0.2, 0.25) is 5.91 Å². The minimum absolute atomic E-state index is 0.0000868. The maximum absolute atomic E-state index is 12.6. The van der Waals surface area contributed by atoms with E-state index in [-0.39, 0.29) is 29.2 Å². The third-order valence-electron chi connectivity index (χ3n) is 5.76. The number of hydrogen-bond donors (Lipinski definition) is 3. The van der Waals surface area contributed by atoms with Crippen LogP contribution < -0.4 is 21.1 Å². The Bertz CT molecular complexity index is 1100. The predicted molar refractivity (Wildman–Crippen MR) is 116 cm³/mol. The van der Waals surface area contributed by atoms with Gasteiger partial charge in [0.1, 0.15) is 5.56 Å². The molecule has 2 aromatic rings. The summed E-state index contributed by atoms with van der Waals surface area (Å²) in [6, 6.07) is 9.00. The molecule has 1 aromatic carbocycles. The van der Waals surface area contributed by atoms with Crippen molar-refractivity contribution in [3.8, 4) is 0 Å². The van der Waals surface area contributed by atoms with Gasteiger partial charge in [-0.15, -0.1) is 0 Å². The van der Waals surface area contributed by atoms with Gasteiger partial charge in [-0.2, -0.15) is 0 Å². The van der Waals surface area contributed by atoms with Crippen LogP contribution >= 0.6 is 0 Å². The van der Waals surface area contributed by atoms with Gasteiger partial charge in [-0.1, -0.05) is 26.0 Å². The van der Waals surface area contributed by atoms with Gasteiger partial charge in [0, 0.05) is 43.0 Å². The Kier molecular flexibility index (Phi) is 5.39. The van der Waals surface area contributed by atoms with E-state index in [9.17, 15) is 19.2 Å². The summed E-state index contributed by atoms with van der Waals surface area (Å²) in [6.45, 7) is 5.91. The second-order valence-electron chi connectivity index (χ2n) is 8.97. The molecule has 0 radical (unpaired) electrons. The van der Waals surface area contributed by atoms with Crippen molar-refractivity contribution < 1.29 is 14.4 Å². The van der Waals surface area contributed by atoms with Gasteiger partial charge in [-0.3, -0.25) is 19.2 Å². The number of anilines is 1. The number of rotatable bonds is 4. The lowest BCUT2D eigenvalue weighted by Crippen LogP contribution is -2.47. The topological polar surface area (TPSA) is 111 Å². The molecular weight excluding hydrogens is 396 g/mol. The summed E-state index contributed by atoms with van der Waals surface area (Å²) < 4.78 is 0. The summed E-state index contributed by atoms with van der Waals surface area (Å²) in [5, 5.41) is 5.55. The molecule has 1 aromatic heterocycles. The van der Waals surface area contributed by atoms with Crippen molar-refractivity contribution in [3.05, 3.63) is 63.1 Å². The molecule has 0 bridgehead atoms. The first kappa shape index (κ1) is 20.8. The molecular formula is C23H26N4O4. The summed E-state index contributed by atoms with van der Waals surface area (Å²) in [7, 11) is 0. The van der Waals surface area contributed by atoms with E-state index in [1.54, 1.807) is 0 Å². The molecule has 2 amide bonds. The van der Waals surface area contributed by atoms with Crippen LogP contribution in [0.4, 0.5) is 5.69 Å². The Morgan fingerprint density at radius 3 is 2.58 bits per heavy atom.